The van der Waals surface area contributed by atoms with Gasteiger partial charge in [-0.15, -0.1) is 0 Å². The maximum atomic E-state index is 15.0. The highest BCUT2D eigenvalue weighted by Crippen LogP contribution is 2.34. The second-order valence-corrected chi connectivity index (χ2v) is 9.19. The lowest BCUT2D eigenvalue weighted by Crippen LogP contribution is -2.01. The average Bonchev–Trinajstić information content (AvgIpc) is 2.85. The molecule has 1 nitrogen and oxygen atoms in total. The van der Waals surface area contributed by atoms with Crippen LogP contribution in [0, 0.1) is 23.4 Å². The molecule has 3 aromatic carbocycles. The Morgan fingerprint density at radius 2 is 1.53 bits per heavy atom. The third kappa shape index (κ3) is 5.44. The molecule has 3 aromatic rings. The van der Waals surface area contributed by atoms with Crippen molar-refractivity contribution < 1.29 is 17.9 Å². The van der Waals surface area contributed by atoms with Gasteiger partial charge >= 0.3 is 0 Å². The lowest BCUT2D eigenvalue weighted by atomic mass is 9.87. The van der Waals surface area contributed by atoms with Crippen molar-refractivity contribution in [3.8, 4) is 22.3 Å². The second kappa shape index (κ2) is 11.1. The van der Waals surface area contributed by atoms with E-state index in [-0.39, 0.29) is 23.6 Å². The topological polar surface area (TPSA) is 9.23 Å². The summed E-state index contributed by atoms with van der Waals surface area (Å²) in [5.74, 6) is -1.38. The summed E-state index contributed by atoms with van der Waals surface area (Å²) in [6.07, 6.45) is 7.21. The standard InChI is InChI=1S/C30H31F3O/c1-3-4-17-34-19-25-14-16-27(30(33)29(25)32)23-11-9-22(10-12-23)26-15-13-24(18-28(26)31)21-7-5-20(2)6-8-21/h7,9-16,18,20H,3-6,8,17,19H2,1-2H3. The molecule has 0 spiro atoms. The smallest absolute Gasteiger partial charge is 0.167 e. The molecule has 0 radical (unpaired) electrons. The minimum atomic E-state index is -0.894. The van der Waals surface area contributed by atoms with Gasteiger partial charge in [-0.2, -0.15) is 0 Å². The fourth-order valence-electron chi connectivity index (χ4n) is 4.36. The van der Waals surface area contributed by atoms with Gasteiger partial charge in [0.25, 0.3) is 0 Å². The number of hydrogen-bond donors (Lipinski definition) is 0. The number of halogens is 3. The number of ether oxygens (including phenoxy) is 1. The molecule has 0 N–H and O–H groups in total. The Labute approximate surface area is 200 Å². The number of unbranched alkanes of at least 4 members (excludes halogenated alkanes) is 1. The Balaban J connectivity index is 1.52. The Morgan fingerprint density at radius 1 is 0.853 bits per heavy atom. The van der Waals surface area contributed by atoms with E-state index in [4.69, 9.17) is 4.74 Å². The summed E-state index contributed by atoms with van der Waals surface area (Å²) in [5.41, 5.74) is 4.25. The van der Waals surface area contributed by atoms with E-state index >= 15 is 0 Å². The van der Waals surface area contributed by atoms with Crippen LogP contribution in [0.15, 0.2) is 60.7 Å². The normalized spacial score (nSPS) is 15.9. The predicted molar refractivity (Wildman–Crippen MR) is 133 cm³/mol. The van der Waals surface area contributed by atoms with Crippen LogP contribution in [0.4, 0.5) is 13.2 Å². The summed E-state index contributed by atoms with van der Waals surface area (Å²) in [5, 5.41) is 0. The zero-order valence-corrected chi connectivity index (χ0v) is 19.8. The van der Waals surface area contributed by atoms with E-state index in [1.807, 2.05) is 13.0 Å². The van der Waals surface area contributed by atoms with E-state index in [1.165, 1.54) is 5.57 Å². The van der Waals surface area contributed by atoms with Gasteiger partial charge in [0.05, 0.1) is 6.61 Å². The molecule has 0 aliphatic heterocycles. The minimum Gasteiger partial charge on any atom is -0.377 e. The molecule has 0 bridgehead atoms. The zero-order valence-electron chi connectivity index (χ0n) is 19.8. The van der Waals surface area contributed by atoms with Gasteiger partial charge < -0.3 is 4.74 Å². The van der Waals surface area contributed by atoms with Crippen LogP contribution in [-0.2, 0) is 11.3 Å². The Kier molecular flexibility index (Phi) is 7.89. The van der Waals surface area contributed by atoms with Crippen LogP contribution < -0.4 is 0 Å². The van der Waals surface area contributed by atoms with Crippen molar-refractivity contribution in [2.75, 3.05) is 6.61 Å². The van der Waals surface area contributed by atoms with Gasteiger partial charge in [0, 0.05) is 23.3 Å². The van der Waals surface area contributed by atoms with E-state index in [1.54, 1.807) is 48.5 Å². The quantitative estimate of drug-likeness (QED) is 0.302. The number of benzene rings is 3. The molecule has 0 aromatic heterocycles. The van der Waals surface area contributed by atoms with Crippen molar-refractivity contribution in [3.05, 3.63) is 89.3 Å². The van der Waals surface area contributed by atoms with Crippen molar-refractivity contribution in [1.29, 1.82) is 0 Å². The molecule has 0 saturated carbocycles. The highest BCUT2D eigenvalue weighted by atomic mass is 19.2. The van der Waals surface area contributed by atoms with Gasteiger partial charge in [-0.1, -0.05) is 74.9 Å². The third-order valence-corrected chi connectivity index (χ3v) is 6.58. The molecule has 4 heteroatoms. The fraction of sp³-hybridized carbons (Fsp3) is 0.333. The van der Waals surface area contributed by atoms with Crippen LogP contribution in [0.3, 0.4) is 0 Å². The molecule has 4 rings (SSSR count). The van der Waals surface area contributed by atoms with Crippen LogP contribution in [-0.4, -0.2) is 6.61 Å². The first-order valence-corrected chi connectivity index (χ1v) is 12.1. The fourth-order valence-corrected chi connectivity index (χ4v) is 4.36. The molecule has 34 heavy (non-hydrogen) atoms. The van der Waals surface area contributed by atoms with Crippen LogP contribution in [0.25, 0.3) is 27.8 Å². The summed E-state index contributed by atoms with van der Waals surface area (Å²) >= 11 is 0. The summed E-state index contributed by atoms with van der Waals surface area (Å²) in [6.45, 7) is 4.85. The van der Waals surface area contributed by atoms with E-state index in [2.05, 4.69) is 13.0 Å². The molecule has 0 saturated heterocycles. The van der Waals surface area contributed by atoms with E-state index in [0.717, 1.165) is 37.7 Å². The highest BCUT2D eigenvalue weighted by molar-refractivity contribution is 5.74. The maximum absolute atomic E-state index is 15.0. The minimum absolute atomic E-state index is 0.0488. The van der Waals surface area contributed by atoms with Crippen molar-refractivity contribution in [2.24, 2.45) is 5.92 Å². The van der Waals surface area contributed by atoms with Gasteiger partial charge in [0.1, 0.15) is 5.82 Å². The second-order valence-electron chi connectivity index (χ2n) is 9.19. The highest BCUT2D eigenvalue weighted by Gasteiger charge is 2.16. The van der Waals surface area contributed by atoms with Crippen LogP contribution in [0.1, 0.15) is 57.1 Å². The van der Waals surface area contributed by atoms with Crippen molar-refractivity contribution in [1.82, 2.24) is 0 Å². The SMILES string of the molecule is CCCCOCc1ccc(-c2ccc(-c3ccc(C4=CCC(C)CC4)cc3F)cc2)c(F)c1F. The summed E-state index contributed by atoms with van der Waals surface area (Å²) in [7, 11) is 0. The van der Waals surface area contributed by atoms with Gasteiger partial charge in [-0.3, -0.25) is 0 Å². The Bertz CT molecular complexity index is 1160. The first-order chi connectivity index (χ1) is 16.5. The molecule has 1 aliphatic carbocycles. The largest absolute Gasteiger partial charge is 0.377 e. The molecule has 0 amide bonds. The molecule has 1 atom stereocenters. The van der Waals surface area contributed by atoms with Crippen molar-refractivity contribution >= 4 is 5.57 Å². The summed E-state index contributed by atoms with van der Waals surface area (Å²) in [4.78, 5) is 0. The Morgan fingerprint density at radius 3 is 2.18 bits per heavy atom. The molecule has 0 fully saturated rings. The molecular weight excluding hydrogens is 433 g/mol. The lowest BCUT2D eigenvalue weighted by Gasteiger charge is -2.19. The third-order valence-electron chi connectivity index (χ3n) is 6.58. The van der Waals surface area contributed by atoms with E-state index in [0.29, 0.717) is 29.2 Å². The summed E-state index contributed by atoms with van der Waals surface area (Å²) < 4.78 is 49.7. The van der Waals surface area contributed by atoms with Crippen molar-refractivity contribution in [3.63, 3.8) is 0 Å². The predicted octanol–water partition coefficient (Wildman–Crippen LogP) is 8.96. The maximum Gasteiger partial charge on any atom is 0.167 e. The van der Waals surface area contributed by atoms with Crippen LogP contribution in [0.5, 0.6) is 0 Å². The zero-order chi connectivity index (χ0) is 24.1. The van der Waals surface area contributed by atoms with Crippen LogP contribution in [0.2, 0.25) is 0 Å². The Hall–Kier alpha value is -2.85. The number of allylic oxidation sites excluding steroid dienone is 2. The molecule has 178 valence electrons. The van der Waals surface area contributed by atoms with Gasteiger partial charge in [-0.05, 0) is 59.9 Å². The molecular formula is C30H31F3O. The number of hydrogen-bond acceptors (Lipinski definition) is 1. The van der Waals surface area contributed by atoms with Gasteiger partial charge in [0.2, 0.25) is 0 Å². The van der Waals surface area contributed by atoms with Crippen LogP contribution >= 0.6 is 0 Å². The van der Waals surface area contributed by atoms with E-state index < -0.39 is 11.6 Å². The average molecular weight is 465 g/mol. The van der Waals surface area contributed by atoms with Gasteiger partial charge in [-0.25, -0.2) is 13.2 Å². The lowest BCUT2D eigenvalue weighted by molar-refractivity contribution is 0.115. The van der Waals surface area contributed by atoms with Gasteiger partial charge in [0.15, 0.2) is 11.6 Å². The number of rotatable bonds is 8. The molecule has 0 heterocycles. The molecule has 1 unspecified atom stereocenters. The first kappa shape index (κ1) is 24.3. The van der Waals surface area contributed by atoms with Crippen molar-refractivity contribution in [2.45, 2.75) is 52.6 Å². The van der Waals surface area contributed by atoms with E-state index in [9.17, 15) is 13.2 Å². The first-order valence-electron chi connectivity index (χ1n) is 12.1. The molecule has 1 aliphatic rings. The monoisotopic (exact) mass is 464 g/mol. The summed E-state index contributed by atoms with van der Waals surface area (Å²) in [6, 6.07) is 15.4.